The number of rotatable bonds is 6. The Balaban J connectivity index is 2.58. The zero-order valence-corrected chi connectivity index (χ0v) is 10.3. The normalized spacial score (nSPS) is 10.5. The van der Waals surface area contributed by atoms with E-state index in [1.807, 2.05) is 31.3 Å². The Kier molecular flexibility index (Phi) is 4.99. The zero-order chi connectivity index (χ0) is 12.0. The topological polar surface area (TPSA) is 23.6 Å². The number of benzene rings is 1. The van der Waals surface area contributed by atoms with Gasteiger partial charge in [-0.2, -0.15) is 0 Å². The predicted molar refractivity (Wildman–Crippen MR) is 68.3 cm³/mol. The summed E-state index contributed by atoms with van der Waals surface area (Å²) < 4.78 is 0. The molecule has 0 N–H and O–H groups in total. The number of carbonyl (C=O) groups is 1. The summed E-state index contributed by atoms with van der Waals surface area (Å²) in [5.74, 6) is 0. The molecule has 0 unspecified atom stereocenters. The van der Waals surface area contributed by atoms with Gasteiger partial charge in [0, 0.05) is 24.8 Å². The van der Waals surface area contributed by atoms with E-state index in [-0.39, 0.29) is 0 Å². The molecule has 0 atom stereocenters. The molecule has 0 saturated carbocycles. The maximum atomic E-state index is 10.9. The number of hydrogen-bond acceptors (Lipinski definition) is 3. The summed E-state index contributed by atoms with van der Waals surface area (Å²) >= 11 is 0. The molecule has 1 rings (SSSR count). The van der Waals surface area contributed by atoms with Crippen LogP contribution in [-0.4, -0.2) is 45.4 Å². The molecule has 1 aromatic rings. The van der Waals surface area contributed by atoms with Crippen LogP contribution in [0.1, 0.15) is 16.8 Å². The Morgan fingerprint density at radius 2 is 1.81 bits per heavy atom. The first-order valence-corrected chi connectivity index (χ1v) is 5.55. The lowest BCUT2D eigenvalue weighted by Gasteiger charge is -2.21. The van der Waals surface area contributed by atoms with Gasteiger partial charge in [0.1, 0.15) is 0 Å². The molecule has 0 aromatic heterocycles. The van der Waals surface area contributed by atoms with Gasteiger partial charge < -0.3 is 9.80 Å². The average Bonchev–Trinajstić information content (AvgIpc) is 2.28. The SMILES string of the molecule is CN(C)CCCN(C)c1ccccc1C=O. The number of para-hydroxylation sites is 1. The van der Waals surface area contributed by atoms with Crippen molar-refractivity contribution < 1.29 is 4.79 Å². The van der Waals surface area contributed by atoms with Crippen LogP contribution in [0, 0.1) is 0 Å². The van der Waals surface area contributed by atoms with Gasteiger partial charge in [-0.05, 0) is 39.2 Å². The standard InChI is InChI=1S/C13H20N2O/c1-14(2)9-6-10-15(3)13-8-5-4-7-12(13)11-16/h4-5,7-8,11H,6,9-10H2,1-3H3. The van der Waals surface area contributed by atoms with Gasteiger partial charge in [-0.3, -0.25) is 4.79 Å². The van der Waals surface area contributed by atoms with Crippen molar-refractivity contribution in [3.63, 3.8) is 0 Å². The third-order valence-corrected chi connectivity index (χ3v) is 2.57. The molecular weight excluding hydrogens is 200 g/mol. The van der Waals surface area contributed by atoms with Crippen LogP contribution in [0.5, 0.6) is 0 Å². The Morgan fingerprint density at radius 3 is 2.44 bits per heavy atom. The summed E-state index contributed by atoms with van der Waals surface area (Å²) in [5, 5.41) is 0. The summed E-state index contributed by atoms with van der Waals surface area (Å²) in [5.41, 5.74) is 1.77. The highest BCUT2D eigenvalue weighted by Crippen LogP contribution is 2.17. The molecule has 0 aliphatic heterocycles. The molecule has 0 heterocycles. The lowest BCUT2D eigenvalue weighted by atomic mass is 10.2. The van der Waals surface area contributed by atoms with Gasteiger partial charge in [-0.1, -0.05) is 12.1 Å². The summed E-state index contributed by atoms with van der Waals surface area (Å²) in [6.07, 6.45) is 2.01. The summed E-state index contributed by atoms with van der Waals surface area (Å²) in [6, 6.07) is 7.69. The van der Waals surface area contributed by atoms with E-state index in [9.17, 15) is 4.79 Å². The van der Waals surface area contributed by atoms with Gasteiger partial charge in [0.05, 0.1) is 0 Å². The van der Waals surface area contributed by atoms with E-state index in [1.54, 1.807) is 0 Å². The predicted octanol–water partition coefficient (Wildman–Crippen LogP) is 1.89. The Labute approximate surface area is 97.7 Å². The number of nitrogens with zero attached hydrogens (tertiary/aromatic N) is 2. The molecule has 0 saturated heterocycles. The third-order valence-electron chi connectivity index (χ3n) is 2.57. The van der Waals surface area contributed by atoms with E-state index in [4.69, 9.17) is 0 Å². The maximum absolute atomic E-state index is 10.9. The fourth-order valence-electron chi connectivity index (χ4n) is 1.68. The Bertz CT molecular complexity index is 336. The Morgan fingerprint density at radius 1 is 1.12 bits per heavy atom. The van der Waals surface area contributed by atoms with Crippen molar-refractivity contribution in [3.8, 4) is 0 Å². The molecule has 3 nitrogen and oxygen atoms in total. The first kappa shape index (κ1) is 12.7. The first-order valence-electron chi connectivity index (χ1n) is 5.55. The monoisotopic (exact) mass is 220 g/mol. The highest BCUT2D eigenvalue weighted by atomic mass is 16.1. The lowest BCUT2D eigenvalue weighted by molar-refractivity contribution is 0.112. The highest BCUT2D eigenvalue weighted by molar-refractivity contribution is 5.84. The van der Waals surface area contributed by atoms with Crippen molar-refractivity contribution in [2.45, 2.75) is 6.42 Å². The molecule has 0 spiro atoms. The largest absolute Gasteiger partial charge is 0.374 e. The second-order valence-corrected chi connectivity index (χ2v) is 4.26. The fraction of sp³-hybridized carbons (Fsp3) is 0.462. The minimum Gasteiger partial charge on any atom is -0.374 e. The van der Waals surface area contributed by atoms with Crippen LogP contribution in [0.15, 0.2) is 24.3 Å². The van der Waals surface area contributed by atoms with E-state index in [2.05, 4.69) is 23.9 Å². The van der Waals surface area contributed by atoms with Gasteiger partial charge in [-0.15, -0.1) is 0 Å². The molecule has 0 bridgehead atoms. The molecule has 0 fully saturated rings. The molecule has 0 aliphatic carbocycles. The molecule has 0 amide bonds. The molecule has 0 aliphatic rings. The molecule has 88 valence electrons. The zero-order valence-electron chi connectivity index (χ0n) is 10.3. The van der Waals surface area contributed by atoms with Gasteiger partial charge in [0.15, 0.2) is 6.29 Å². The molecule has 16 heavy (non-hydrogen) atoms. The second-order valence-electron chi connectivity index (χ2n) is 4.26. The second kappa shape index (κ2) is 6.28. The van der Waals surface area contributed by atoms with E-state index in [0.29, 0.717) is 0 Å². The van der Waals surface area contributed by atoms with Crippen LogP contribution < -0.4 is 4.90 Å². The van der Waals surface area contributed by atoms with Crippen LogP contribution >= 0.6 is 0 Å². The van der Waals surface area contributed by atoms with Gasteiger partial charge in [0.25, 0.3) is 0 Å². The van der Waals surface area contributed by atoms with Crippen molar-refractivity contribution in [1.82, 2.24) is 4.90 Å². The van der Waals surface area contributed by atoms with E-state index < -0.39 is 0 Å². The minimum atomic E-state index is 0.759. The lowest BCUT2D eigenvalue weighted by Crippen LogP contribution is -2.24. The number of hydrogen-bond donors (Lipinski definition) is 0. The van der Waals surface area contributed by atoms with Crippen LogP contribution in [0.4, 0.5) is 5.69 Å². The van der Waals surface area contributed by atoms with E-state index in [1.165, 1.54) is 0 Å². The van der Waals surface area contributed by atoms with Crippen molar-refractivity contribution in [2.75, 3.05) is 39.1 Å². The third kappa shape index (κ3) is 3.66. The molecule has 0 radical (unpaired) electrons. The summed E-state index contributed by atoms with van der Waals surface area (Å²) in [4.78, 5) is 15.2. The molecule has 1 aromatic carbocycles. The highest BCUT2D eigenvalue weighted by Gasteiger charge is 2.05. The van der Waals surface area contributed by atoms with Crippen LogP contribution in [0.3, 0.4) is 0 Å². The van der Waals surface area contributed by atoms with Crippen LogP contribution in [0.2, 0.25) is 0 Å². The van der Waals surface area contributed by atoms with Crippen molar-refractivity contribution in [1.29, 1.82) is 0 Å². The fourth-order valence-corrected chi connectivity index (χ4v) is 1.68. The molecular formula is C13H20N2O. The van der Waals surface area contributed by atoms with Crippen molar-refractivity contribution in [2.24, 2.45) is 0 Å². The number of aldehydes is 1. The minimum absolute atomic E-state index is 0.759. The Hall–Kier alpha value is -1.35. The average molecular weight is 220 g/mol. The van der Waals surface area contributed by atoms with Crippen molar-refractivity contribution >= 4 is 12.0 Å². The van der Waals surface area contributed by atoms with E-state index in [0.717, 1.165) is 37.0 Å². The summed E-state index contributed by atoms with van der Waals surface area (Å²) in [7, 11) is 6.16. The summed E-state index contributed by atoms with van der Waals surface area (Å²) in [6.45, 7) is 2.02. The smallest absolute Gasteiger partial charge is 0.152 e. The van der Waals surface area contributed by atoms with Gasteiger partial charge in [0.2, 0.25) is 0 Å². The quantitative estimate of drug-likeness (QED) is 0.684. The molecule has 3 heteroatoms. The van der Waals surface area contributed by atoms with Crippen molar-refractivity contribution in [3.05, 3.63) is 29.8 Å². The maximum Gasteiger partial charge on any atom is 0.152 e. The van der Waals surface area contributed by atoms with Crippen LogP contribution in [0.25, 0.3) is 0 Å². The first-order chi connectivity index (χ1) is 7.65. The number of anilines is 1. The van der Waals surface area contributed by atoms with Crippen LogP contribution in [-0.2, 0) is 0 Å². The number of carbonyl (C=O) groups excluding carboxylic acids is 1. The van der Waals surface area contributed by atoms with Gasteiger partial charge in [-0.25, -0.2) is 0 Å². The van der Waals surface area contributed by atoms with Gasteiger partial charge >= 0.3 is 0 Å². The van der Waals surface area contributed by atoms with E-state index >= 15 is 0 Å².